The van der Waals surface area contributed by atoms with Crippen LogP contribution in [-0.4, -0.2) is 33.7 Å². The van der Waals surface area contributed by atoms with E-state index in [1.807, 2.05) is 31.7 Å². The molecule has 2 fully saturated rings. The molecule has 6 heteroatoms. The van der Waals surface area contributed by atoms with Gasteiger partial charge in [-0.25, -0.2) is 4.79 Å². The van der Waals surface area contributed by atoms with Crippen molar-refractivity contribution in [3.63, 3.8) is 0 Å². The number of hydrogen-bond acceptors (Lipinski definition) is 3. The molecule has 120 valence electrons. The Kier molecular flexibility index (Phi) is 3.83. The number of H-pyrrole nitrogens is 1. The molecule has 2 aliphatic heterocycles. The van der Waals surface area contributed by atoms with Gasteiger partial charge < -0.3 is 14.6 Å². The second-order valence-electron chi connectivity index (χ2n) is 7.14. The van der Waals surface area contributed by atoms with E-state index < -0.39 is 5.60 Å². The van der Waals surface area contributed by atoms with E-state index in [0.717, 1.165) is 24.8 Å². The highest BCUT2D eigenvalue weighted by atomic mass is 79.9. The fourth-order valence-electron chi connectivity index (χ4n) is 3.63. The number of carbonyl (C=O) groups is 1. The van der Waals surface area contributed by atoms with E-state index in [1.165, 1.54) is 0 Å². The van der Waals surface area contributed by atoms with Crippen LogP contribution in [0.2, 0.25) is 0 Å². The zero-order valence-electron chi connectivity index (χ0n) is 13.1. The van der Waals surface area contributed by atoms with Crippen molar-refractivity contribution in [3.8, 4) is 0 Å². The number of halogens is 1. The summed E-state index contributed by atoms with van der Waals surface area (Å²) in [5.74, 6) is 0.263. The lowest BCUT2D eigenvalue weighted by Crippen LogP contribution is -2.40. The molecule has 1 N–H and O–H groups in total. The average molecular weight is 369 g/mol. The molecule has 0 saturated carbocycles. The standard InChI is InChI=1S/C16H21BrN2O3/c1-16(2,3)22-15(21)19-10-4-5-13(19)11(7-10)9-6-12(17)14(20)18-8-9/h6,8,10-11,13H,4-5,7H2,1-3H3,(H,18,20)/t10-,11+,13+/m0/s1. The van der Waals surface area contributed by atoms with Gasteiger partial charge in [-0.3, -0.25) is 4.79 Å². The third-order valence-corrected chi connectivity index (χ3v) is 5.04. The van der Waals surface area contributed by atoms with E-state index in [4.69, 9.17) is 4.74 Å². The highest BCUT2D eigenvalue weighted by Gasteiger charge is 2.50. The third kappa shape index (κ3) is 2.81. The first-order chi connectivity index (χ1) is 10.3. The Bertz CT molecular complexity index is 650. The van der Waals surface area contributed by atoms with Crippen LogP contribution in [0.5, 0.6) is 0 Å². The summed E-state index contributed by atoms with van der Waals surface area (Å²) in [7, 11) is 0. The second-order valence-corrected chi connectivity index (χ2v) is 7.99. The molecule has 0 spiro atoms. The summed E-state index contributed by atoms with van der Waals surface area (Å²) >= 11 is 3.28. The molecule has 5 nitrogen and oxygen atoms in total. The van der Waals surface area contributed by atoms with Gasteiger partial charge in [-0.15, -0.1) is 0 Å². The number of ether oxygens (including phenoxy) is 1. The van der Waals surface area contributed by atoms with Crippen molar-refractivity contribution >= 4 is 22.0 Å². The van der Waals surface area contributed by atoms with E-state index >= 15 is 0 Å². The summed E-state index contributed by atoms with van der Waals surface area (Å²) in [6, 6.07) is 2.28. The minimum Gasteiger partial charge on any atom is -0.444 e. The Hall–Kier alpha value is -1.30. The maximum absolute atomic E-state index is 12.5. The van der Waals surface area contributed by atoms with Crippen LogP contribution in [0, 0.1) is 0 Å². The fraction of sp³-hybridized carbons (Fsp3) is 0.625. The highest BCUT2D eigenvalue weighted by molar-refractivity contribution is 9.10. The van der Waals surface area contributed by atoms with Gasteiger partial charge in [0.15, 0.2) is 0 Å². The largest absolute Gasteiger partial charge is 0.444 e. The Morgan fingerprint density at radius 1 is 1.41 bits per heavy atom. The topological polar surface area (TPSA) is 62.4 Å². The van der Waals surface area contributed by atoms with Gasteiger partial charge in [-0.2, -0.15) is 0 Å². The lowest BCUT2D eigenvalue weighted by Gasteiger charge is -2.28. The van der Waals surface area contributed by atoms with Gasteiger partial charge in [0, 0.05) is 24.2 Å². The first-order valence-electron chi connectivity index (χ1n) is 7.66. The van der Waals surface area contributed by atoms with E-state index in [0.29, 0.717) is 4.47 Å². The van der Waals surface area contributed by atoms with Gasteiger partial charge in [0.25, 0.3) is 5.56 Å². The van der Waals surface area contributed by atoms with Crippen LogP contribution in [0.15, 0.2) is 21.5 Å². The van der Waals surface area contributed by atoms with Gasteiger partial charge in [0.2, 0.25) is 0 Å². The summed E-state index contributed by atoms with van der Waals surface area (Å²) < 4.78 is 6.09. The summed E-state index contributed by atoms with van der Waals surface area (Å²) in [5, 5.41) is 0. The first-order valence-corrected chi connectivity index (χ1v) is 8.45. The first kappa shape index (κ1) is 15.6. The minimum absolute atomic E-state index is 0.129. The molecule has 0 radical (unpaired) electrons. The van der Waals surface area contributed by atoms with Crippen molar-refractivity contribution in [2.24, 2.45) is 0 Å². The molecule has 1 aromatic heterocycles. The number of aromatic amines is 1. The summed E-state index contributed by atoms with van der Waals surface area (Å²) in [5.41, 5.74) is 0.471. The van der Waals surface area contributed by atoms with E-state index in [-0.39, 0.29) is 29.7 Å². The lowest BCUT2D eigenvalue weighted by molar-refractivity contribution is 0.0213. The van der Waals surface area contributed by atoms with E-state index in [9.17, 15) is 9.59 Å². The van der Waals surface area contributed by atoms with E-state index in [2.05, 4.69) is 20.9 Å². The van der Waals surface area contributed by atoms with Crippen LogP contribution in [0.4, 0.5) is 4.79 Å². The molecular weight excluding hydrogens is 348 g/mol. The Morgan fingerprint density at radius 3 is 2.77 bits per heavy atom. The zero-order chi connectivity index (χ0) is 16.1. The monoisotopic (exact) mass is 368 g/mol. The minimum atomic E-state index is -0.477. The highest BCUT2D eigenvalue weighted by Crippen LogP contribution is 2.47. The number of fused-ring (bicyclic) bond motifs is 2. The molecule has 0 aliphatic carbocycles. The van der Waals surface area contributed by atoms with Gasteiger partial charge in [-0.1, -0.05) is 0 Å². The quantitative estimate of drug-likeness (QED) is 0.826. The number of pyridine rings is 1. The van der Waals surface area contributed by atoms with Crippen molar-refractivity contribution in [1.29, 1.82) is 0 Å². The Morgan fingerprint density at radius 2 is 2.14 bits per heavy atom. The van der Waals surface area contributed by atoms with Crippen molar-refractivity contribution in [2.75, 3.05) is 0 Å². The fourth-order valence-corrected chi connectivity index (χ4v) is 4.01. The predicted octanol–water partition coefficient (Wildman–Crippen LogP) is 3.39. The maximum atomic E-state index is 12.5. The number of rotatable bonds is 1. The van der Waals surface area contributed by atoms with Gasteiger partial charge in [0.05, 0.1) is 4.47 Å². The zero-order valence-corrected chi connectivity index (χ0v) is 14.6. The normalized spacial score (nSPS) is 27.3. The number of aromatic nitrogens is 1. The van der Waals surface area contributed by atoms with Crippen molar-refractivity contribution < 1.29 is 9.53 Å². The summed E-state index contributed by atoms with van der Waals surface area (Å²) in [4.78, 5) is 28.6. The SMILES string of the molecule is CC(C)(C)OC(=O)N1[C@H]2CC[C@@H]1[C@@H](c1c[nH]c(=O)c(Br)c1)C2. The second kappa shape index (κ2) is 5.41. The number of carbonyl (C=O) groups excluding carboxylic acids is 1. The molecule has 2 aliphatic rings. The predicted molar refractivity (Wildman–Crippen MR) is 87.0 cm³/mol. The molecule has 3 heterocycles. The molecule has 2 saturated heterocycles. The van der Waals surface area contributed by atoms with Crippen molar-refractivity contribution in [3.05, 3.63) is 32.7 Å². The molecule has 3 atom stereocenters. The molecule has 0 aromatic carbocycles. The number of hydrogen-bond donors (Lipinski definition) is 1. The molecule has 22 heavy (non-hydrogen) atoms. The molecule has 1 aromatic rings. The van der Waals surface area contributed by atoms with Crippen LogP contribution >= 0.6 is 15.9 Å². The molecule has 0 unspecified atom stereocenters. The van der Waals surface area contributed by atoms with E-state index in [1.54, 1.807) is 6.20 Å². The maximum Gasteiger partial charge on any atom is 0.410 e. The van der Waals surface area contributed by atoms with Gasteiger partial charge in [-0.05, 0) is 67.6 Å². The van der Waals surface area contributed by atoms with Crippen LogP contribution in [0.25, 0.3) is 0 Å². The molecule has 3 rings (SSSR count). The summed E-state index contributed by atoms with van der Waals surface area (Å²) in [6.07, 6.45) is 4.51. The van der Waals surface area contributed by atoms with Crippen molar-refractivity contribution in [2.45, 2.75) is 63.6 Å². The van der Waals surface area contributed by atoms with Gasteiger partial charge >= 0.3 is 6.09 Å². The lowest BCUT2D eigenvalue weighted by atomic mass is 9.85. The third-order valence-electron chi connectivity index (χ3n) is 4.45. The van der Waals surface area contributed by atoms with Crippen LogP contribution in [0.1, 0.15) is 51.5 Å². The molecule has 2 bridgehead atoms. The van der Waals surface area contributed by atoms with Gasteiger partial charge in [0.1, 0.15) is 5.60 Å². The molecular formula is C16H21BrN2O3. The smallest absolute Gasteiger partial charge is 0.410 e. The van der Waals surface area contributed by atoms with Crippen molar-refractivity contribution in [1.82, 2.24) is 9.88 Å². The number of nitrogens with zero attached hydrogens (tertiary/aromatic N) is 1. The van der Waals surface area contributed by atoms with Crippen LogP contribution in [0.3, 0.4) is 0 Å². The molecule has 1 amide bonds. The Labute approximate surface area is 138 Å². The average Bonchev–Trinajstić information content (AvgIpc) is 2.97. The Balaban J connectivity index is 1.82. The van der Waals surface area contributed by atoms with Crippen LogP contribution < -0.4 is 5.56 Å². The number of amides is 1. The number of nitrogens with one attached hydrogen (secondary N) is 1. The van der Waals surface area contributed by atoms with Crippen LogP contribution in [-0.2, 0) is 4.74 Å². The summed E-state index contributed by atoms with van der Waals surface area (Å²) in [6.45, 7) is 5.66.